The number of ether oxygens (including phenoxy) is 2. The molecule has 0 saturated heterocycles. The van der Waals surface area contributed by atoms with Crippen molar-refractivity contribution in [3.8, 4) is 54.0 Å². The van der Waals surface area contributed by atoms with Crippen LogP contribution in [0.1, 0.15) is 90.2 Å². The molecule has 0 aliphatic rings. The summed E-state index contributed by atoms with van der Waals surface area (Å²) < 4.78 is 26.9. The van der Waals surface area contributed by atoms with Crippen molar-refractivity contribution >= 4 is 79.7 Å². The lowest BCUT2D eigenvalue weighted by atomic mass is 9.99. The topological polar surface area (TPSA) is 183 Å². The van der Waals surface area contributed by atoms with Crippen molar-refractivity contribution in [1.82, 2.24) is 47.8 Å². The van der Waals surface area contributed by atoms with E-state index in [1.807, 2.05) is 60.7 Å². The summed E-state index contributed by atoms with van der Waals surface area (Å²) in [7, 11) is 0. The molecule has 7 heterocycles. The van der Waals surface area contributed by atoms with Gasteiger partial charge in [-0.15, -0.1) is 22.7 Å². The summed E-state index contributed by atoms with van der Waals surface area (Å²) in [5, 5.41) is 0. The molecule has 7 aromatic heterocycles. The maximum Gasteiger partial charge on any atom is 0.247 e. The minimum absolute atomic E-state index is 0.155. The van der Waals surface area contributed by atoms with Crippen molar-refractivity contribution in [3.05, 3.63) is 108 Å². The first-order valence-electron chi connectivity index (χ1n) is 24.7. The van der Waals surface area contributed by atoms with Crippen LogP contribution in [-0.2, 0) is 26.3 Å². The number of imidazole rings is 2. The molecule has 0 aliphatic heterocycles. The van der Waals surface area contributed by atoms with E-state index >= 15 is 0 Å². The molecular weight excluding hydrogens is 945 g/mol. The summed E-state index contributed by atoms with van der Waals surface area (Å²) in [5.41, 5.74) is 21.1. The summed E-state index contributed by atoms with van der Waals surface area (Å²) >= 11 is 4.58. The van der Waals surface area contributed by atoms with Crippen molar-refractivity contribution in [2.75, 3.05) is 11.5 Å². The molecule has 10 aromatic rings. The van der Waals surface area contributed by atoms with E-state index in [2.05, 4.69) is 83.2 Å². The first-order valence-corrected chi connectivity index (χ1v) is 27.1. The Morgan fingerprint density at radius 1 is 0.493 bits per heavy atom. The molecule has 3 aromatic carbocycles. The van der Waals surface area contributed by atoms with Crippen molar-refractivity contribution < 1.29 is 9.47 Å². The average Bonchev–Trinajstić information content (AvgIpc) is 4.27. The smallest absolute Gasteiger partial charge is 0.247 e. The van der Waals surface area contributed by atoms with Crippen LogP contribution in [0, 0.1) is 11.8 Å². The predicted octanol–water partition coefficient (Wildman–Crippen LogP) is 13.5. The Morgan fingerprint density at radius 2 is 0.915 bits per heavy atom. The second-order valence-electron chi connectivity index (χ2n) is 18.0. The number of nitrogen functional groups attached to an aromatic ring is 2. The fraction of sp³-hybridized carbons (Fsp3) is 0.333. The Labute approximate surface area is 425 Å². The first-order chi connectivity index (χ1) is 34.8. The van der Waals surface area contributed by atoms with Gasteiger partial charge >= 0.3 is 0 Å². The predicted molar refractivity (Wildman–Crippen MR) is 290 cm³/mol. The summed E-state index contributed by atoms with van der Waals surface area (Å²) in [4.78, 5) is 33.3. The molecule has 0 radical (unpaired) electrons. The highest BCUT2D eigenvalue weighted by Crippen LogP contribution is 2.44. The van der Waals surface area contributed by atoms with Gasteiger partial charge in [-0.05, 0) is 60.1 Å². The van der Waals surface area contributed by atoms with Gasteiger partial charge in [-0.25, -0.2) is 9.97 Å². The van der Waals surface area contributed by atoms with Gasteiger partial charge in [0.25, 0.3) is 0 Å². The molecule has 0 spiro atoms. The average molecular weight is 1000 g/mol. The van der Waals surface area contributed by atoms with Crippen LogP contribution in [0.5, 0.6) is 11.8 Å². The van der Waals surface area contributed by atoms with Gasteiger partial charge in [0.15, 0.2) is 34.0 Å². The van der Waals surface area contributed by atoms with Crippen LogP contribution in [0.3, 0.4) is 0 Å². The Kier molecular flexibility index (Phi) is 14.6. The molecule has 0 saturated carbocycles. The Bertz CT molecular complexity index is 3180. The van der Waals surface area contributed by atoms with Crippen molar-refractivity contribution in [3.63, 3.8) is 0 Å². The van der Waals surface area contributed by atoms with Crippen LogP contribution in [0.25, 0.3) is 75.6 Å². The molecule has 0 fully saturated rings. The van der Waals surface area contributed by atoms with E-state index < -0.39 is 0 Å². The van der Waals surface area contributed by atoms with Crippen LogP contribution in [0.4, 0.5) is 11.9 Å². The van der Waals surface area contributed by atoms with E-state index in [1.165, 1.54) is 11.7 Å². The zero-order valence-electron chi connectivity index (χ0n) is 40.5. The molecule has 10 rings (SSSR count). The highest BCUT2D eigenvalue weighted by molar-refractivity contribution is 7.19. The Hall–Kier alpha value is -6.82. The normalized spacial score (nSPS) is 12.6. The summed E-state index contributed by atoms with van der Waals surface area (Å²) in [6.45, 7) is 11.2. The maximum absolute atomic E-state index is 6.39. The van der Waals surface area contributed by atoms with Gasteiger partial charge in [-0.1, -0.05) is 139 Å². The lowest BCUT2D eigenvalue weighted by Gasteiger charge is -2.17. The number of aromatic nitrogens is 10. The van der Waals surface area contributed by atoms with Crippen molar-refractivity contribution in [1.29, 1.82) is 0 Å². The van der Waals surface area contributed by atoms with Crippen LogP contribution >= 0.6 is 34.4 Å². The number of unbranched alkanes of at least 4 members (excludes halogenated alkanes) is 2. The quantitative estimate of drug-likeness (QED) is 0.0656. The van der Waals surface area contributed by atoms with E-state index in [0.29, 0.717) is 59.1 Å². The van der Waals surface area contributed by atoms with E-state index in [-0.39, 0.29) is 11.9 Å². The zero-order chi connectivity index (χ0) is 48.8. The molecule has 71 heavy (non-hydrogen) atoms. The zero-order valence-corrected chi connectivity index (χ0v) is 43.0. The minimum atomic E-state index is 0.155. The number of rotatable bonds is 22. The monoisotopic (exact) mass is 1000 g/mol. The van der Waals surface area contributed by atoms with Gasteiger partial charge in [-0.2, -0.15) is 28.7 Å². The Balaban J connectivity index is 0.996. The highest BCUT2D eigenvalue weighted by Gasteiger charge is 2.26. The molecule has 0 bridgehead atoms. The standard InChI is InChI=1S/C54H58N12O2S3/c1-5-9-17-33(7-3)29-65-47(57-45-49(65)59-53(55)61-51(45)67-31-35-19-13-11-14-20-35)41-27-25-39(69-41)37-23-24-38(44-43(37)63-71-64-44)40-26-28-42(70-40)48-58-46-50(66(48)30-34(8-4)18-10-6-2)60-54(56)62-52(46)68-32-36-21-15-12-16-22-36/h11-16,19-28,33-34H,5-10,17-18,29-32H2,1-4H3,(H2,55,59,61)(H2,56,60,62). The number of nitrogens with two attached hydrogens (primary N) is 2. The molecular formula is C54H58N12O2S3. The first kappa shape index (κ1) is 47.8. The third kappa shape index (κ3) is 10.2. The van der Waals surface area contributed by atoms with E-state index in [1.54, 1.807) is 22.7 Å². The number of hydrogen-bond donors (Lipinski definition) is 2. The fourth-order valence-electron chi connectivity index (χ4n) is 9.18. The van der Waals surface area contributed by atoms with Gasteiger partial charge < -0.3 is 30.1 Å². The van der Waals surface area contributed by atoms with Crippen LogP contribution in [-0.4, -0.2) is 47.8 Å². The third-order valence-electron chi connectivity index (χ3n) is 13.2. The second kappa shape index (κ2) is 21.7. The largest absolute Gasteiger partial charge is 0.471 e. The number of hydrogen-bond acceptors (Lipinski definition) is 15. The van der Waals surface area contributed by atoms with Gasteiger partial charge in [-0.3, -0.25) is 0 Å². The SMILES string of the molecule is CCCCC(CC)Cn1c(-c2ccc(-c3ccc(-c4ccc(-c5nc6c(OCc7ccccc7)nc(N)nc6n5CC(CC)CCCC)s4)c4nsnc34)s2)nc2c(OCc3ccccc3)nc(N)nc21. The summed E-state index contributed by atoms with van der Waals surface area (Å²) in [6.07, 6.45) is 8.88. The lowest BCUT2D eigenvalue weighted by molar-refractivity contribution is 0.297. The molecule has 2 atom stereocenters. The number of fused-ring (bicyclic) bond motifs is 3. The minimum Gasteiger partial charge on any atom is -0.471 e. The molecule has 2 unspecified atom stereocenters. The number of anilines is 2. The number of thiophene rings is 2. The second-order valence-corrected chi connectivity index (χ2v) is 20.7. The molecule has 14 nitrogen and oxygen atoms in total. The van der Waals surface area contributed by atoms with Crippen molar-refractivity contribution in [2.24, 2.45) is 11.8 Å². The van der Waals surface area contributed by atoms with Gasteiger partial charge in [0, 0.05) is 34.0 Å². The van der Waals surface area contributed by atoms with Gasteiger partial charge in [0.05, 0.1) is 21.5 Å². The number of nitrogens with zero attached hydrogens (tertiary/aromatic N) is 10. The van der Waals surface area contributed by atoms with Crippen molar-refractivity contribution in [2.45, 2.75) is 105 Å². The van der Waals surface area contributed by atoms with E-state index in [0.717, 1.165) is 129 Å². The van der Waals surface area contributed by atoms with Crippen LogP contribution < -0.4 is 20.9 Å². The van der Waals surface area contributed by atoms with E-state index in [9.17, 15) is 0 Å². The van der Waals surface area contributed by atoms with Crippen LogP contribution in [0.15, 0.2) is 97.1 Å². The summed E-state index contributed by atoms with van der Waals surface area (Å²) in [5.74, 6) is 3.56. The molecule has 0 amide bonds. The maximum atomic E-state index is 6.39. The van der Waals surface area contributed by atoms with Crippen LogP contribution in [0.2, 0.25) is 0 Å². The van der Waals surface area contributed by atoms with E-state index in [4.69, 9.17) is 49.6 Å². The Morgan fingerprint density at radius 3 is 1.32 bits per heavy atom. The molecule has 0 aliphatic carbocycles. The lowest BCUT2D eigenvalue weighted by Crippen LogP contribution is -2.12. The summed E-state index contributed by atoms with van der Waals surface area (Å²) in [6, 6.07) is 33.0. The molecule has 4 N–H and O–H groups in total. The molecule has 17 heteroatoms. The van der Waals surface area contributed by atoms with Gasteiger partial charge in [0.1, 0.15) is 24.2 Å². The molecule has 364 valence electrons. The highest BCUT2D eigenvalue weighted by atomic mass is 32.1. The third-order valence-corrected chi connectivity index (χ3v) is 15.9. The number of benzene rings is 3. The fourth-order valence-corrected chi connectivity index (χ4v) is 11.8. The van der Waals surface area contributed by atoms with Gasteiger partial charge in [0.2, 0.25) is 23.7 Å².